The van der Waals surface area contributed by atoms with Crippen molar-refractivity contribution in [2.45, 2.75) is 50.7 Å². The molecule has 1 aromatic rings. The van der Waals surface area contributed by atoms with Crippen molar-refractivity contribution in [3.05, 3.63) is 35.6 Å². The smallest absolute Gasteiger partial charge is 0.325 e. The molecule has 2 aliphatic heterocycles. The van der Waals surface area contributed by atoms with Gasteiger partial charge in [-0.25, -0.2) is 9.18 Å². The van der Waals surface area contributed by atoms with Gasteiger partial charge in [0, 0.05) is 6.61 Å². The highest BCUT2D eigenvalue weighted by atomic mass is 19.1. The van der Waals surface area contributed by atoms with Crippen LogP contribution < -0.4 is 5.32 Å². The zero-order valence-corrected chi connectivity index (χ0v) is 13.9. The summed E-state index contributed by atoms with van der Waals surface area (Å²) in [6, 6.07) is 5.42. The highest BCUT2D eigenvalue weighted by Gasteiger charge is 2.52. The minimum Gasteiger partial charge on any atom is -0.376 e. The molecule has 0 bridgehead atoms. The van der Waals surface area contributed by atoms with E-state index in [2.05, 4.69) is 5.32 Å². The van der Waals surface area contributed by atoms with Gasteiger partial charge in [-0.15, -0.1) is 0 Å². The Bertz CT molecular complexity index is 613. The van der Waals surface area contributed by atoms with Crippen LogP contribution in [0.1, 0.15) is 44.6 Å². The number of carbonyl (C=O) groups is 2. The number of unbranched alkanes of at least 4 members (excludes halogenated alkanes) is 1. The van der Waals surface area contributed by atoms with Crippen molar-refractivity contribution < 1.29 is 18.7 Å². The predicted octanol–water partition coefficient (Wildman–Crippen LogP) is 2.94. The van der Waals surface area contributed by atoms with Crippen LogP contribution in [-0.4, -0.2) is 36.1 Å². The van der Waals surface area contributed by atoms with Gasteiger partial charge < -0.3 is 10.1 Å². The Morgan fingerprint density at radius 3 is 2.71 bits per heavy atom. The number of rotatable bonds is 6. The summed E-state index contributed by atoms with van der Waals surface area (Å²) in [6.45, 7) is 2.98. The number of nitrogens with zero attached hydrogens (tertiary/aromatic N) is 1. The van der Waals surface area contributed by atoms with Crippen molar-refractivity contribution in [1.29, 1.82) is 0 Å². The zero-order valence-electron chi connectivity index (χ0n) is 13.9. The second-order valence-electron chi connectivity index (χ2n) is 6.50. The average molecular weight is 334 g/mol. The summed E-state index contributed by atoms with van der Waals surface area (Å²) >= 11 is 0. The fourth-order valence-electron chi connectivity index (χ4n) is 3.47. The molecule has 2 saturated heterocycles. The first kappa shape index (κ1) is 16.9. The molecule has 0 aromatic heterocycles. The maximum absolute atomic E-state index is 13.3. The Morgan fingerprint density at radius 2 is 2.08 bits per heavy atom. The number of imide groups is 1. The van der Waals surface area contributed by atoms with E-state index in [0.717, 1.165) is 25.7 Å². The predicted molar refractivity (Wildman–Crippen MR) is 86.8 cm³/mol. The zero-order chi connectivity index (χ0) is 17.2. The molecule has 0 spiro atoms. The SMILES string of the molecule is CCCC[C@@]1(c2ccc(F)cc2)NC(=O)N(C[C@H]2CCCO2)C1=O. The summed E-state index contributed by atoms with van der Waals surface area (Å²) in [5, 5.41) is 2.87. The number of urea groups is 1. The molecule has 1 aromatic carbocycles. The fraction of sp³-hybridized carbons (Fsp3) is 0.556. The molecule has 2 heterocycles. The molecule has 0 radical (unpaired) electrons. The largest absolute Gasteiger partial charge is 0.376 e. The normalized spacial score (nSPS) is 26.9. The van der Waals surface area contributed by atoms with E-state index in [0.29, 0.717) is 18.6 Å². The summed E-state index contributed by atoms with van der Waals surface area (Å²) in [4.78, 5) is 26.8. The Kier molecular flexibility index (Phi) is 4.85. The van der Waals surface area contributed by atoms with Crippen molar-refractivity contribution in [2.75, 3.05) is 13.2 Å². The molecule has 0 unspecified atom stereocenters. The summed E-state index contributed by atoms with van der Waals surface area (Å²) in [6.07, 6.45) is 3.91. The molecular formula is C18H23FN2O3. The molecule has 3 amide bonds. The number of hydrogen-bond donors (Lipinski definition) is 1. The van der Waals surface area contributed by atoms with Gasteiger partial charge in [0.05, 0.1) is 12.6 Å². The summed E-state index contributed by atoms with van der Waals surface area (Å²) < 4.78 is 18.8. The number of hydrogen-bond acceptors (Lipinski definition) is 3. The molecule has 130 valence electrons. The van der Waals surface area contributed by atoms with Crippen molar-refractivity contribution >= 4 is 11.9 Å². The molecule has 24 heavy (non-hydrogen) atoms. The standard InChI is InChI=1S/C18H23FN2O3/c1-2-3-10-18(13-6-8-14(19)9-7-13)16(22)21(17(23)20-18)12-15-5-4-11-24-15/h6-9,15H,2-5,10-12H2,1H3,(H,20,23)/t15-,18+/m1/s1. The summed E-state index contributed by atoms with van der Waals surface area (Å²) in [5.41, 5.74) is -0.468. The molecule has 0 aliphatic carbocycles. The van der Waals surface area contributed by atoms with Crippen LogP contribution in [0.15, 0.2) is 24.3 Å². The van der Waals surface area contributed by atoms with Crippen LogP contribution >= 0.6 is 0 Å². The number of nitrogens with one attached hydrogen (secondary N) is 1. The van der Waals surface area contributed by atoms with Gasteiger partial charge in [0.15, 0.2) is 0 Å². The minimum atomic E-state index is -1.10. The highest BCUT2D eigenvalue weighted by Crippen LogP contribution is 2.35. The molecule has 1 N–H and O–H groups in total. The van der Waals surface area contributed by atoms with E-state index in [4.69, 9.17) is 4.74 Å². The van der Waals surface area contributed by atoms with Gasteiger partial charge in [-0.05, 0) is 37.0 Å². The second-order valence-corrected chi connectivity index (χ2v) is 6.50. The van der Waals surface area contributed by atoms with Crippen LogP contribution in [0, 0.1) is 5.82 Å². The Balaban J connectivity index is 1.89. The van der Waals surface area contributed by atoms with Crippen molar-refractivity contribution in [3.63, 3.8) is 0 Å². The first-order valence-corrected chi connectivity index (χ1v) is 8.58. The first-order valence-electron chi connectivity index (χ1n) is 8.58. The van der Waals surface area contributed by atoms with E-state index in [1.165, 1.54) is 17.0 Å². The minimum absolute atomic E-state index is 0.0881. The first-order chi connectivity index (χ1) is 11.6. The van der Waals surface area contributed by atoms with Crippen LogP contribution in [0.4, 0.5) is 9.18 Å². The van der Waals surface area contributed by atoms with E-state index < -0.39 is 11.6 Å². The van der Waals surface area contributed by atoms with Gasteiger partial charge in [-0.3, -0.25) is 9.69 Å². The molecule has 2 atom stereocenters. The maximum Gasteiger partial charge on any atom is 0.325 e. The van der Waals surface area contributed by atoms with Crippen LogP contribution in [0.3, 0.4) is 0 Å². The lowest BCUT2D eigenvalue weighted by Gasteiger charge is -2.27. The van der Waals surface area contributed by atoms with Crippen LogP contribution in [0.5, 0.6) is 0 Å². The number of amides is 3. The molecule has 6 heteroatoms. The van der Waals surface area contributed by atoms with E-state index in [-0.39, 0.29) is 24.4 Å². The molecule has 0 saturated carbocycles. The number of ether oxygens (including phenoxy) is 1. The Labute approximate surface area is 141 Å². The number of benzene rings is 1. The molecule has 2 fully saturated rings. The fourth-order valence-corrected chi connectivity index (χ4v) is 3.47. The van der Waals surface area contributed by atoms with Gasteiger partial charge in [0.1, 0.15) is 11.4 Å². The maximum atomic E-state index is 13.3. The quantitative estimate of drug-likeness (QED) is 0.814. The topological polar surface area (TPSA) is 58.6 Å². The van der Waals surface area contributed by atoms with Crippen LogP contribution in [0.25, 0.3) is 0 Å². The van der Waals surface area contributed by atoms with Crippen LogP contribution in [-0.2, 0) is 15.1 Å². The van der Waals surface area contributed by atoms with Crippen LogP contribution in [0.2, 0.25) is 0 Å². The third-order valence-electron chi connectivity index (χ3n) is 4.83. The third kappa shape index (κ3) is 3.02. The highest BCUT2D eigenvalue weighted by molar-refractivity contribution is 6.07. The monoisotopic (exact) mass is 334 g/mol. The lowest BCUT2D eigenvalue weighted by atomic mass is 9.84. The summed E-state index contributed by atoms with van der Waals surface area (Å²) in [5.74, 6) is -0.625. The molecule has 5 nitrogen and oxygen atoms in total. The van der Waals surface area contributed by atoms with E-state index in [1.807, 2.05) is 6.92 Å². The molecular weight excluding hydrogens is 311 g/mol. The third-order valence-corrected chi connectivity index (χ3v) is 4.83. The average Bonchev–Trinajstić information content (AvgIpc) is 3.17. The number of halogens is 1. The van der Waals surface area contributed by atoms with Gasteiger partial charge in [-0.1, -0.05) is 31.9 Å². The van der Waals surface area contributed by atoms with E-state index in [1.54, 1.807) is 12.1 Å². The van der Waals surface area contributed by atoms with Gasteiger partial charge in [-0.2, -0.15) is 0 Å². The van der Waals surface area contributed by atoms with Crippen molar-refractivity contribution in [1.82, 2.24) is 10.2 Å². The lowest BCUT2D eigenvalue weighted by Crippen LogP contribution is -2.44. The summed E-state index contributed by atoms with van der Waals surface area (Å²) in [7, 11) is 0. The molecule has 3 rings (SSSR count). The lowest BCUT2D eigenvalue weighted by molar-refractivity contribution is -0.133. The second kappa shape index (κ2) is 6.89. The van der Waals surface area contributed by atoms with E-state index >= 15 is 0 Å². The van der Waals surface area contributed by atoms with Gasteiger partial charge in [0.25, 0.3) is 5.91 Å². The van der Waals surface area contributed by atoms with Gasteiger partial charge in [0.2, 0.25) is 0 Å². The Hall–Kier alpha value is -1.95. The van der Waals surface area contributed by atoms with Crippen molar-refractivity contribution in [3.8, 4) is 0 Å². The van der Waals surface area contributed by atoms with E-state index in [9.17, 15) is 14.0 Å². The molecule has 2 aliphatic rings. The number of carbonyl (C=O) groups excluding carboxylic acids is 2. The van der Waals surface area contributed by atoms with Gasteiger partial charge >= 0.3 is 6.03 Å². The Morgan fingerprint density at radius 1 is 1.33 bits per heavy atom. The van der Waals surface area contributed by atoms with Crippen molar-refractivity contribution in [2.24, 2.45) is 0 Å².